The van der Waals surface area contributed by atoms with Gasteiger partial charge >= 0.3 is 6.03 Å². The van der Waals surface area contributed by atoms with E-state index in [1.165, 1.54) is 5.56 Å². The number of hydrogen-bond acceptors (Lipinski definition) is 5. The lowest BCUT2D eigenvalue weighted by atomic mass is 9.95. The van der Waals surface area contributed by atoms with E-state index in [4.69, 9.17) is 9.72 Å². The number of carbonyl (C=O) groups excluding carboxylic acids is 1. The van der Waals surface area contributed by atoms with Gasteiger partial charge in [0.05, 0.1) is 41.7 Å². The number of fused-ring (bicyclic) bond motifs is 1. The van der Waals surface area contributed by atoms with Crippen LogP contribution in [0.15, 0.2) is 54.7 Å². The van der Waals surface area contributed by atoms with Gasteiger partial charge in [-0.2, -0.15) is 5.10 Å². The van der Waals surface area contributed by atoms with Gasteiger partial charge in [-0.1, -0.05) is 36.4 Å². The van der Waals surface area contributed by atoms with Gasteiger partial charge in [0.2, 0.25) is 0 Å². The van der Waals surface area contributed by atoms with Gasteiger partial charge in [0.1, 0.15) is 5.69 Å². The number of rotatable bonds is 6. The van der Waals surface area contributed by atoms with E-state index in [9.17, 15) is 4.79 Å². The Hall–Kier alpha value is -3.69. The topological polar surface area (TPSA) is 111 Å². The zero-order valence-electron chi connectivity index (χ0n) is 19.4. The summed E-state index contributed by atoms with van der Waals surface area (Å²) in [6.07, 6.45) is 1.58. The molecule has 1 saturated heterocycles. The third-order valence-corrected chi connectivity index (χ3v) is 6.10. The van der Waals surface area contributed by atoms with Crippen LogP contribution in [0, 0.1) is 0 Å². The molecule has 1 aliphatic rings. The number of ether oxygens (including phenoxy) is 1. The van der Waals surface area contributed by atoms with Crippen molar-refractivity contribution in [1.29, 1.82) is 0 Å². The van der Waals surface area contributed by atoms with E-state index in [0.29, 0.717) is 17.2 Å². The number of anilines is 1. The molecule has 0 atom stereocenters. The van der Waals surface area contributed by atoms with E-state index in [0.717, 1.165) is 49.4 Å². The molecule has 9 nitrogen and oxygen atoms in total. The lowest BCUT2D eigenvalue weighted by Crippen LogP contribution is -2.43. The van der Waals surface area contributed by atoms with E-state index in [1.807, 2.05) is 50.2 Å². The molecule has 2 aromatic heterocycles. The predicted molar refractivity (Wildman–Crippen MR) is 131 cm³/mol. The van der Waals surface area contributed by atoms with E-state index in [2.05, 4.69) is 42.8 Å². The first-order chi connectivity index (χ1) is 16.5. The number of urea groups is 1. The Balaban J connectivity index is 1.31. The Bertz CT molecular complexity index is 1270. The second-order valence-corrected chi connectivity index (χ2v) is 9.05. The van der Waals surface area contributed by atoms with Crippen LogP contribution in [0.3, 0.4) is 0 Å². The second-order valence-electron chi connectivity index (χ2n) is 9.05. The summed E-state index contributed by atoms with van der Waals surface area (Å²) in [5.41, 5.74) is 4.67. The number of nitrogens with zero attached hydrogens (tertiary/aromatic N) is 3. The summed E-state index contributed by atoms with van der Waals surface area (Å²) in [5.74, 6) is 0.619. The fourth-order valence-corrected chi connectivity index (χ4v) is 4.22. The molecule has 1 aliphatic heterocycles. The van der Waals surface area contributed by atoms with Crippen LogP contribution in [0.5, 0.6) is 0 Å². The number of morpholine rings is 1. The van der Waals surface area contributed by atoms with Gasteiger partial charge in [-0.25, -0.2) is 9.78 Å². The molecule has 0 unspecified atom stereocenters. The minimum absolute atomic E-state index is 0.319. The van der Waals surface area contributed by atoms with Gasteiger partial charge in [-0.15, -0.1) is 0 Å². The number of benzene rings is 2. The lowest BCUT2D eigenvalue weighted by molar-refractivity contribution is 0.0342. The first-order valence-corrected chi connectivity index (χ1v) is 11.5. The highest BCUT2D eigenvalue weighted by Gasteiger charge is 2.24. The summed E-state index contributed by atoms with van der Waals surface area (Å²) in [6.45, 7) is 8.25. The molecule has 0 radical (unpaired) electrons. The highest BCUT2D eigenvalue weighted by atomic mass is 16.5. The normalized spacial score (nSPS) is 14.9. The Kier molecular flexibility index (Phi) is 6.04. The maximum absolute atomic E-state index is 12.8. The molecular weight excluding hydrogens is 430 g/mol. The van der Waals surface area contributed by atoms with Crippen molar-refractivity contribution in [2.24, 2.45) is 0 Å². The Morgan fingerprint density at radius 1 is 1.15 bits per heavy atom. The Labute approximate surface area is 197 Å². The van der Waals surface area contributed by atoms with Crippen molar-refractivity contribution in [3.05, 3.63) is 65.9 Å². The Morgan fingerprint density at radius 2 is 1.94 bits per heavy atom. The zero-order valence-corrected chi connectivity index (χ0v) is 19.4. The summed E-state index contributed by atoms with van der Waals surface area (Å²) < 4.78 is 5.44. The van der Waals surface area contributed by atoms with E-state index >= 15 is 0 Å². The van der Waals surface area contributed by atoms with Crippen molar-refractivity contribution in [1.82, 2.24) is 30.4 Å². The quantitative estimate of drug-likeness (QED) is 0.350. The predicted octanol–water partition coefficient (Wildman–Crippen LogP) is 3.84. The molecule has 0 spiro atoms. The largest absolute Gasteiger partial charge is 0.379 e. The average Bonchev–Trinajstić information content (AvgIpc) is 3.46. The maximum Gasteiger partial charge on any atom is 0.320 e. The van der Waals surface area contributed by atoms with Crippen molar-refractivity contribution in [2.75, 3.05) is 31.6 Å². The Morgan fingerprint density at radius 3 is 2.74 bits per heavy atom. The number of hydrogen-bond donors (Lipinski definition) is 4. The minimum atomic E-state index is -0.536. The third kappa shape index (κ3) is 4.80. The maximum atomic E-state index is 12.8. The van der Waals surface area contributed by atoms with Crippen LogP contribution in [0.1, 0.15) is 25.0 Å². The number of H-pyrrole nitrogens is 2. The fourth-order valence-electron chi connectivity index (χ4n) is 4.22. The summed E-state index contributed by atoms with van der Waals surface area (Å²) >= 11 is 0. The monoisotopic (exact) mass is 459 g/mol. The SMILES string of the molecule is CC(C)(NC(=O)Nc1cn[nH]c1-c1nc2ccc(CN3CCOCC3)cc2[nH]1)c1ccccc1. The molecule has 9 heteroatoms. The molecule has 4 aromatic rings. The van der Waals surface area contributed by atoms with Gasteiger partial charge in [-0.3, -0.25) is 10.00 Å². The molecule has 0 bridgehead atoms. The molecule has 5 rings (SSSR count). The van der Waals surface area contributed by atoms with Crippen molar-refractivity contribution in [3.63, 3.8) is 0 Å². The van der Waals surface area contributed by atoms with Gasteiger partial charge in [0.25, 0.3) is 0 Å². The number of aromatic nitrogens is 4. The van der Waals surface area contributed by atoms with Crippen LogP contribution in [0.4, 0.5) is 10.5 Å². The standard InChI is InChI=1S/C25H29N7O2/c1-25(2,18-6-4-3-5-7-18)30-24(33)29-21-15-26-31-22(21)23-27-19-9-8-17(14-20(19)28-23)16-32-10-12-34-13-11-32/h3-9,14-15H,10-13,16H2,1-2H3,(H,26,31)(H,27,28)(H2,29,30,33). The summed E-state index contributed by atoms with van der Waals surface area (Å²) in [6, 6.07) is 15.8. The van der Waals surface area contributed by atoms with Gasteiger partial charge in [0.15, 0.2) is 5.82 Å². The number of amides is 2. The average molecular weight is 460 g/mol. The second kappa shape index (κ2) is 9.28. The first kappa shape index (κ1) is 22.1. The third-order valence-electron chi connectivity index (χ3n) is 6.10. The van der Waals surface area contributed by atoms with E-state index in [1.54, 1.807) is 6.20 Å². The number of imidazole rings is 1. The summed E-state index contributed by atoms with van der Waals surface area (Å²) in [5, 5.41) is 13.0. The van der Waals surface area contributed by atoms with Gasteiger partial charge in [-0.05, 0) is 37.1 Å². The molecule has 4 N–H and O–H groups in total. The number of carbonyl (C=O) groups is 1. The highest BCUT2D eigenvalue weighted by molar-refractivity contribution is 5.93. The van der Waals surface area contributed by atoms with Gasteiger partial charge in [0, 0.05) is 19.6 Å². The van der Waals surface area contributed by atoms with Crippen LogP contribution in [-0.4, -0.2) is 57.4 Å². The molecule has 1 fully saturated rings. The molecule has 0 saturated carbocycles. The van der Waals surface area contributed by atoms with E-state index < -0.39 is 5.54 Å². The number of nitrogens with one attached hydrogen (secondary N) is 4. The smallest absolute Gasteiger partial charge is 0.320 e. The molecular formula is C25H29N7O2. The van der Waals surface area contributed by atoms with Crippen LogP contribution >= 0.6 is 0 Å². The molecule has 2 aromatic carbocycles. The molecule has 3 heterocycles. The van der Waals surface area contributed by atoms with Gasteiger partial charge < -0.3 is 20.4 Å². The van der Waals surface area contributed by atoms with Crippen LogP contribution < -0.4 is 10.6 Å². The molecule has 34 heavy (non-hydrogen) atoms. The molecule has 176 valence electrons. The lowest BCUT2D eigenvalue weighted by Gasteiger charge is -2.26. The first-order valence-electron chi connectivity index (χ1n) is 11.5. The van der Waals surface area contributed by atoms with Crippen molar-refractivity contribution >= 4 is 22.8 Å². The zero-order chi connectivity index (χ0) is 23.5. The van der Waals surface area contributed by atoms with E-state index in [-0.39, 0.29) is 6.03 Å². The van der Waals surface area contributed by atoms with Crippen molar-refractivity contribution < 1.29 is 9.53 Å². The summed E-state index contributed by atoms with van der Waals surface area (Å²) in [4.78, 5) is 23.2. The van der Waals surface area contributed by atoms with Crippen LogP contribution in [-0.2, 0) is 16.8 Å². The van der Waals surface area contributed by atoms with Crippen molar-refractivity contribution in [3.8, 4) is 11.5 Å². The van der Waals surface area contributed by atoms with Crippen LogP contribution in [0.25, 0.3) is 22.6 Å². The highest BCUT2D eigenvalue weighted by Crippen LogP contribution is 2.27. The molecule has 0 aliphatic carbocycles. The van der Waals surface area contributed by atoms with Crippen LogP contribution in [0.2, 0.25) is 0 Å². The number of aromatic amines is 2. The molecule has 2 amide bonds. The fraction of sp³-hybridized carbons (Fsp3) is 0.320. The van der Waals surface area contributed by atoms with Crippen molar-refractivity contribution in [2.45, 2.75) is 25.9 Å². The minimum Gasteiger partial charge on any atom is -0.379 e. The summed E-state index contributed by atoms with van der Waals surface area (Å²) in [7, 11) is 0.